The average Bonchev–Trinajstić information content (AvgIpc) is 2.92. The Balaban J connectivity index is 1.86. The van der Waals surface area contributed by atoms with Crippen molar-refractivity contribution < 1.29 is 14.6 Å². The maximum Gasteiger partial charge on any atom is 0.119 e. The molecule has 2 aromatic carbocycles. The van der Waals surface area contributed by atoms with Crippen molar-refractivity contribution in [3.63, 3.8) is 0 Å². The van der Waals surface area contributed by atoms with Crippen LogP contribution in [0.3, 0.4) is 0 Å². The van der Waals surface area contributed by atoms with Crippen LogP contribution in [0.25, 0.3) is 0 Å². The Labute approximate surface area is 118 Å². The molecule has 1 aliphatic rings. The number of fused-ring (bicyclic) bond motifs is 1. The summed E-state index contributed by atoms with van der Waals surface area (Å²) in [5.74, 6) is -1.41. The number of aliphatic hydroxyl groups is 1. The zero-order valence-corrected chi connectivity index (χ0v) is 11.9. The molecule has 0 saturated heterocycles. The molecule has 0 aromatic heterocycles. The van der Waals surface area contributed by atoms with Gasteiger partial charge in [0.25, 0.3) is 0 Å². The topological polar surface area (TPSA) is 60.4 Å². The van der Waals surface area contributed by atoms with Gasteiger partial charge in [-0.25, -0.2) is 0 Å². The largest absolute Gasteiger partial charge is 0.797 e. The van der Waals surface area contributed by atoms with Crippen molar-refractivity contribution in [3.05, 3.63) is 71.3 Å². The van der Waals surface area contributed by atoms with E-state index in [0.29, 0.717) is 18.4 Å². The fourth-order valence-electron chi connectivity index (χ4n) is 2.82. The van der Waals surface area contributed by atoms with E-state index in [-0.39, 0.29) is 0 Å². The van der Waals surface area contributed by atoms with Crippen molar-refractivity contribution in [2.45, 2.75) is 24.3 Å². The summed E-state index contributed by atoms with van der Waals surface area (Å²) in [6, 6.07) is 16.3. The summed E-state index contributed by atoms with van der Waals surface area (Å²) in [5, 5.41) is 10.2. The van der Waals surface area contributed by atoms with Crippen molar-refractivity contribution >= 4 is 7.37 Å². The Hall–Kier alpha value is -1.41. The fourth-order valence-corrected chi connectivity index (χ4v) is 4.71. The Morgan fingerprint density at radius 3 is 2.05 bits per heavy atom. The molecule has 1 aliphatic carbocycles. The van der Waals surface area contributed by atoms with E-state index in [2.05, 4.69) is 0 Å². The second-order valence-electron chi connectivity index (χ2n) is 5.26. The lowest BCUT2D eigenvalue weighted by molar-refractivity contribution is -0.186. The summed E-state index contributed by atoms with van der Waals surface area (Å²) in [6.07, 6.45) is 1.00. The minimum atomic E-state index is -3.93. The van der Waals surface area contributed by atoms with E-state index < -0.39 is 18.9 Å². The van der Waals surface area contributed by atoms with Crippen LogP contribution in [0.5, 0.6) is 0 Å². The van der Waals surface area contributed by atoms with Crippen LogP contribution in [0.1, 0.15) is 22.5 Å². The van der Waals surface area contributed by atoms with Crippen LogP contribution in [0.15, 0.2) is 54.6 Å². The van der Waals surface area contributed by atoms with Crippen LogP contribution < -0.4 is 4.89 Å². The molecule has 0 bridgehead atoms. The second kappa shape index (κ2) is 5.17. The van der Waals surface area contributed by atoms with Crippen LogP contribution in [0.4, 0.5) is 0 Å². The van der Waals surface area contributed by atoms with E-state index >= 15 is 0 Å². The van der Waals surface area contributed by atoms with E-state index in [1.807, 2.05) is 24.3 Å². The van der Waals surface area contributed by atoms with Gasteiger partial charge in [-0.3, -0.25) is 0 Å². The first-order chi connectivity index (χ1) is 9.59. The predicted molar refractivity (Wildman–Crippen MR) is 76.6 cm³/mol. The van der Waals surface area contributed by atoms with E-state index in [1.165, 1.54) is 0 Å². The van der Waals surface area contributed by atoms with Gasteiger partial charge in [0.15, 0.2) is 0 Å². The van der Waals surface area contributed by atoms with Gasteiger partial charge in [0.2, 0.25) is 0 Å². The van der Waals surface area contributed by atoms with Crippen LogP contribution in [-0.4, -0.2) is 10.8 Å². The van der Waals surface area contributed by atoms with E-state index in [0.717, 1.165) is 11.1 Å². The number of rotatable bonds is 3. The lowest BCUT2D eigenvalue weighted by atomic mass is 10.1. The van der Waals surface area contributed by atoms with Gasteiger partial charge >= 0.3 is 0 Å². The Kier molecular flexibility index (Phi) is 3.51. The Morgan fingerprint density at radius 1 is 1.00 bits per heavy atom. The Morgan fingerprint density at radius 2 is 1.50 bits per heavy atom. The molecule has 1 N–H and O–H groups in total. The van der Waals surface area contributed by atoms with Gasteiger partial charge in [-0.15, -0.1) is 0 Å². The zero-order chi connectivity index (χ0) is 14.2. The molecule has 0 aliphatic heterocycles. The minimum Gasteiger partial charge on any atom is -0.797 e. The molecule has 0 fully saturated rings. The highest BCUT2D eigenvalue weighted by atomic mass is 31.2. The summed E-state index contributed by atoms with van der Waals surface area (Å²) >= 11 is 0. The zero-order valence-electron chi connectivity index (χ0n) is 11.0. The molecule has 3 rings (SSSR count). The molecule has 4 heteroatoms. The van der Waals surface area contributed by atoms with Crippen LogP contribution in [0, 0.1) is 0 Å². The lowest BCUT2D eigenvalue weighted by Gasteiger charge is -2.34. The maximum atomic E-state index is 12.6. The summed E-state index contributed by atoms with van der Waals surface area (Å²) in [6.45, 7) is 0. The molecule has 3 nitrogen and oxygen atoms in total. The monoisotopic (exact) mass is 287 g/mol. The predicted octanol–water partition coefficient (Wildman–Crippen LogP) is 2.48. The van der Waals surface area contributed by atoms with Gasteiger partial charge in [-0.2, -0.15) is 0 Å². The van der Waals surface area contributed by atoms with Gasteiger partial charge in [0, 0.05) is 5.66 Å². The smallest absolute Gasteiger partial charge is 0.119 e. The molecule has 0 saturated carbocycles. The molecule has 2 unspecified atom stereocenters. The van der Waals surface area contributed by atoms with Gasteiger partial charge in [0.05, 0.1) is 7.37 Å². The molecule has 0 spiro atoms. The van der Waals surface area contributed by atoms with Crippen molar-refractivity contribution in [3.8, 4) is 0 Å². The molecule has 0 amide bonds. The highest BCUT2D eigenvalue weighted by Crippen LogP contribution is 2.57. The maximum absolute atomic E-state index is 12.6. The van der Waals surface area contributed by atoms with Gasteiger partial charge in [-0.1, -0.05) is 54.6 Å². The molecule has 0 radical (unpaired) electrons. The van der Waals surface area contributed by atoms with Crippen LogP contribution >= 0.6 is 7.37 Å². The standard InChI is InChI=1S/C16H17O3P/c17-16(12-6-2-1-3-7-12)20(18,19)15-10-13-8-4-5-9-14(13)11-15/h1-9,15-17H,10-11H2,(H,18,19)/p-1. The molecule has 20 heavy (non-hydrogen) atoms. The molecule has 2 atom stereocenters. The van der Waals surface area contributed by atoms with Gasteiger partial charge in [0.1, 0.15) is 5.85 Å². The van der Waals surface area contributed by atoms with Crippen molar-refractivity contribution in [2.75, 3.05) is 0 Å². The summed E-state index contributed by atoms with van der Waals surface area (Å²) in [4.78, 5) is 12.6. The fraction of sp³-hybridized carbons (Fsp3) is 0.250. The Bertz CT molecular complexity index is 629. The highest BCUT2D eigenvalue weighted by Gasteiger charge is 2.34. The molecular weight excluding hydrogens is 271 g/mol. The normalized spacial score (nSPS) is 19.3. The van der Waals surface area contributed by atoms with Crippen LogP contribution in [0.2, 0.25) is 0 Å². The number of aliphatic hydroxyl groups excluding tert-OH is 1. The molecular formula is C16H16O3P-. The first kappa shape index (κ1) is 13.6. The lowest BCUT2D eigenvalue weighted by Crippen LogP contribution is -2.22. The summed E-state index contributed by atoms with van der Waals surface area (Å²) < 4.78 is 12.6. The van der Waals surface area contributed by atoms with E-state index in [9.17, 15) is 14.6 Å². The number of hydrogen-bond donors (Lipinski definition) is 1. The first-order valence-corrected chi connectivity index (χ1v) is 8.45. The SMILES string of the molecule is O=P([O-])(C1Cc2ccccc2C1)C(O)c1ccccc1. The van der Waals surface area contributed by atoms with E-state index in [1.54, 1.807) is 30.3 Å². The molecule has 104 valence electrons. The summed E-state index contributed by atoms with van der Waals surface area (Å²) in [5.41, 5.74) is 2.10. The second-order valence-corrected chi connectivity index (χ2v) is 7.77. The third-order valence-corrected chi connectivity index (χ3v) is 6.34. The highest BCUT2D eigenvalue weighted by molar-refractivity contribution is 7.57. The van der Waals surface area contributed by atoms with Gasteiger partial charge in [-0.05, 0) is 29.5 Å². The van der Waals surface area contributed by atoms with Crippen molar-refractivity contribution in [1.82, 2.24) is 0 Å². The third-order valence-electron chi connectivity index (χ3n) is 3.98. The quantitative estimate of drug-likeness (QED) is 0.882. The average molecular weight is 287 g/mol. The van der Waals surface area contributed by atoms with E-state index in [4.69, 9.17) is 0 Å². The molecule has 0 heterocycles. The summed E-state index contributed by atoms with van der Waals surface area (Å²) in [7, 11) is -3.93. The van der Waals surface area contributed by atoms with Crippen LogP contribution in [-0.2, 0) is 17.4 Å². The van der Waals surface area contributed by atoms with Crippen molar-refractivity contribution in [1.29, 1.82) is 0 Å². The third kappa shape index (κ3) is 2.33. The molecule has 2 aromatic rings. The number of benzene rings is 2. The van der Waals surface area contributed by atoms with Crippen molar-refractivity contribution in [2.24, 2.45) is 0 Å². The first-order valence-electron chi connectivity index (χ1n) is 6.69. The minimum absolute atomic E-state index is 0.446. The number of hydrogen-bond acceptors (Lipinski definition) is 3. The van der Waals surface area contributed by atoms with Gasteiger partial charge < -0.3 is 14.6 Å².